The first-order chi connectivity index (χ1) is 8.26. The van der Waals surface area contributed by atoms with Gasteiger partial charge in [0.1, 0.15) is 5.82 Å². The fraction of sp³-hybridized carbons (Fsp3) is 0.667. The summed E-state index contributed by atoms with van der Waals surface area (Å²) in [7, 11) is 1.60. The Morgan fingerprint density at radius 1 is 1.59 bits per heavy atom. The molecule has 0 saturated carbocycles. The van der Waals surface area contributed by atoms with Gasteiger partial charge >= 0.3 is 0 Å². The van der Waals surface area contributed by atoms with Crippen molar-refractivity contribution in [2.24, 2.45) is 0 Å². The topological polar surface area (TPSA) is 64.2 Å². The summed E-state index contributed by atoms with van der Waals surface area (Å²) in [6, 6.07) is 1.49. The van der Waals surface area contributed by atoms with E-state index in [9.17, 15) is 4.79 Å². The SMILES string of the molecule is COCc1cc(=O)[nH]c(C2CC3CCC2O3)n1. The normalized spacial score (nSPS) is 31.0. The van der Waals surface area contributed by atoms with Crippen LogP contribution in [0.1, 0.15) is 36.7 Å². The van der Waals surface area contributed by atoms with Crippen molar-refractivity contribution in [1.29, 1.82) is 0 Å². The maximum Gasteiger partial charge on any atom is 0.251 e. The number of aromatic nitrogens is 2. The maximum atomic E-state index is 11.6. The minimum atomic E-state index is -0.107. The van der Waals surface area contributed by atoms with Crippen molar-refractivity contribution in [3.63, 3.8) is 0 Å². The summed E-state index contributed by atoms with van der Waals surface area (Å²) in [5.74, 6) is 1.01. The number of methoxy groups -OCH3 is 1. The van der Waals surface area contributed by atoms with Crippen molar-refractivity contribution in [2.45, 2.75) is 44.0 Å². The van der Waals surface area contributed by atoms with Crippen LogP contribution in [0.4, 0.5) is 0 Å². The molecular weight excluding hydrogens is 220 g/mol. The van der Waals surface area contributed by atoms with Gasteiger partial charge in [-0.3, -0.25) is 4.79 Å². The Balaban J connectivity index is 1.89. The fourth-order valence-electron chi connectivity index (χ4n) is 2.85. The zero-order valence-electron chi connectivity index (χ0n) is 9.81. The average Bonchev–Trinajstić information content (AvgIpc) is 2.90. The second kappa shape index (κ2) is 4.23. The van der Waals surface area contributed by atoms with Gasteiger partial charge in [0.05, 0.1) is 24.5 Å². The van der Waals surface area contributed by atoms with Gasteiger partial charge in [-0.25, -0.2) is 4.98 Å². The highest BCUT2D eigenvalue weighted by atomic mass is 16.5. The van der Waals surface area contributed by atoms with Crippen LogP contribution in [0.25, 0.3) is 0 Å². The molecule has 5 nitrogen and oxygen atoms in total. The molecule has 3 rings (SSSR count). The molecular formula is C12H16N2O3. The van der Waals surface area contributed by atoms with Crippen molar-refractivity contribution in [3.05, 3.63) is 27.9 Å². The number of H-pyrrole nitrogens is 1. The molecule has 3 atom stereocenters. The Bertz CT molecular complexity index is 471. The molecule has 92 valence electrons. The van der Waals surface area contributed by atoms with Gasteiger partial charge in [-0.15, -0.1) is 0 Å². The van der Waals surface area contributed by atoms with E-state index in [1.807, 2.05) is 0 Å². The van der Waals surface area contributed by atoms with Crippen LogP contribution in [0.3, 0.4) is 0 Å². The lowest BCUT2D eigenvalue weighted by atomic mass is 9.88. The Kier molecular flexibility index (Phi) is 2.72. The molecule has 3 heterocycles. The van der Waals surface area contributed by atoms with Crippen LogP contribution in [0.5, 0.6) is 0 Å². The highest BCUT2D eigenvalue weighted by Gasteiger charge is 2.42. The van der Waals surface area contributed by atoms with Gasteiger partial charge in [0.25, 0.3) is 5.56 Å². The summed E-state index contributed by atoms with van der Waals surface area (Å²) in [6.07, 6.45) is 3.79. The minimum Gasteiger partial charge on any atom is -0.378 e. The van der Waals surface area contributed by atoms with E-state index in [4.69, 9.17) is 9.47 Å². The van der Waals surface area contributed by atoms with E-state index in [-0.39, 0.29) is 17.6 Å². The lowest BCUT2D eigenvalue weighted by Gasteiger charge is -2.17. The van der Waals surface area contributed by atoms with Gasteiger partial charge in [-0.2, -0.15) is 0 Å². The predicted molar refractivity (Wildman–Crippen MR) is 60.8 cm³/mol. The van der Waals surface area contributed by atoms with E-state index >= 15 is 0 Å². The number of nitrogens with one attached hydrogen (secondary N) is 1. The number of ether oxygens (including phenoxy) is 2. The van der Waals surface area contributed by atoms with Gasteiger partial charge < -0.3 is 14.5 Å². The van der Waals surface area contributed by atoms with Crippen LogP contribution in [-0.2, 0) is 16.1 Å². The van der Waals surface area contributed by atoms with Gasteiger partial charge in [0, 0.05) is 19.1 Å². The third-order valence-corrected chi connectivity index (χ3v) is 3.56. The van der Waals surface area contributed by atoms with Gasteiger partial charge in [0.15, 0.2) is 0 Å². The molecule has 2 fully saturated rings. The summed E-state index contributed by atoms with van der Waals surface area (Å²) < 4.78 is 10.8. The summed E-state index contributed by atoms with van der Waals surface area (Å²) in [5, 5.41) is 0. The van der Waals surface area contributed by atoms with E-state index < -0.39 is 0 Å². The summed E-state index contributed by atoms with van der Waals surface area (Å²) >= 11 is 0. The van der Waals surface area contributed by atoms with Crippen LogP contribution in [-0.4, -0.2) is 29.3 Å². The fourth-order valence-corrected chi connectivity index (χ4v) is 2.85. The lowest BCUT2D eigenvalue weighted by Crippen LogP contribution is -2.22. The second-order valence-corrected chi connectivity index (χ2v) is 4.77. The first-order valence-corrected chi connectivity index (χ1v) is 6.01. The minimum absolute atomic E-state index is 0.107. The number of rotatable bonds is 3. The van der Waals surface area contributed by atoms with Gasteiger partial charge in [-0.05, 0) is 19.3 Å². The second-order valence-electron chi connectivity index (χ2n) is 4.77. The Morgan fingerprint density at radius 2 is 2.47 bits per heavy atom. The van der Waals surface area contributed by atoms with Crippen molar-refractivity contribution in [3.8, 4) is 0 Å². The Hall–Kier alpha value is -1.20. The first kappa shape index (κ1) is 10.9. The van der Waals surface area contributed by atoms with E-state index in [0.29, 0.717) is 18.4 Å². The number of hydrogen-bond donors (Lipinski definition) is 1. The quantitative estimate of drug-likeness (QED) is 0.848. The molecule has 17 heavy (non-hydrogen) atoms. The molecule has 0 amide bonds. The van der Waals surface area contributed by atoms with Gasteiger partial charge in [-0.1, -0.05) is 0 Å². The molecule has 0 aliphatic carbocycles. The average molecular weight is 236 g/mol. The standard InChI is InChI=1S/C12H16N2O3/c1-16-6-7-4-11(15)14-12(13-7)9-5-8-2-3-10(9)17-8/h4,8-10H,2-3,5-6H2,1H3,(H,13,14,15). The van der Waals surface area contributed by atoms with Crippen LogP contribution in [0.2, 0.25) is 0 Å². The molecule has 2 aliphatic heterocycles. The Morgan fingerprint density at radius 3 is 3.12 bits per heavy atom. The van der Waals surface area contributed by atoms with Crippen molar-refractivity contribution in [2.75, 3.05) is 7.11 Å². The highest BCUT2D eigenvalue weighted by molar-refractivity contribution is 5.11. The maximum absolute atomic E-state index is 11.6. The molecule has 2 saturated heterocycles. The summed E-state index contributed by atoms with van der Waals surface area (Å²) in [5.41, 5.74) is 0.582. The van der Waals surface area contributed by atoms with E-state index in [0.717, 1.165) is 25.1 Å². The first-order valence-electron chi connectivity index (χ1n) is 6.01. The molecule has 5 heteroatoms. The smallest absolute Gasteiger partial charge is 0.251 e. The number of nitrogens with zero attached hydrogens (tertiary/aromatic N) is 1. The molecule has 0 radical (unpaired) electrons. The molecule has 1 aromatic heterocycles. The predicted octanol–water partition coefficient (Wildman–Crippen LogP) is 0.951. The number of fused-ring (bicyclic) bond motifs is 2. The zero-order chi connectivity index (χ0) is 11.8. The molecule has 2 bridgehead atoms. The van der Waals surface area contributed by atoms with Crippen LogP contribution >= 0.6 is 0 Å². The van der Waals surface area contributed by atoms with Crippen LogP contribution in [0, 0.1) is 0 Å². The van der Waals surface area contributed by atoms with E-state index in [1.165, 1.54) is 6.07 Å². The molecule has 1 N–H and O–H groups in total. The number of hydrogen-bond acceptors (Lipinski definition) is 4. The highest BCUT2D eigenvalue weighted by Crippen LogP contribution is 2.43. The van der Waals surface area contributed by atoms with E-state index in [1.54, 1.807) is 7.11 Å². The third-order valence-electron chi connectivity index (χ3n) is 3.56. The van der Waals surface area contributed by atoms with Gasteiger partial charge in [0.2, 0.25) is 0 Å². The van der Waals surface area contributed by atoms with Crippen molar-refractivity contribution in [1.82, 2.24) is 9.97 Å². The summed E-state index contributed by atoms with van der Waals surface area (Å²) in [4.78, 5) is 18.9. The number of aromatic amines is 1. The molecule has 3 unspecified atom stereocenters. The zero-order valence-corrected chi connectivity index (χ0v) is 9.81. The monoisotopic (exact) mass is 236 g/mol. The van der Waals surface area contributed by atoms with Crippen molar-refractivity contribution < 1.29 is 9.47 Å². The molecule has 2 aliphatic rings. The lowest BCUT2D eigenvalue weighted by molar-refractivity contribution is 0.0997. The molecule has 0 spiro atoms. The Labute approximate surface area is 99.2 Å². The van der Waals surface area contributed by atoms with Crippen molar-refractivity contribution >= 4 is 0 Å². The largest absolute Gasteiger partial charge is 0.378 e. The third kappa shape index (κ3) is 2.00. The molecule has 1 aromatic rings. The van der Waals surface area contributed by atoms with E-state index in [2.05, 4.69) is 9.97 Å². The molecule has 0 aromatic carbocycles. The van der Waals surface area contributed by atoms with Crippen LogP contribution in [0.15, 0.2) is 10.9 Å². The van der Waals surface area contributed by atoms with Crippen LogP contribution < -0.4 is 5.56 Å². The summed E-state index contributed by atoms with van der Waals surface area (Å²) in [6.45, 7) is 0.374.